The summed E-state index contributed by atoms with van der Waals surface area (Å²) in [5.41, 5.74) is -0.766. The Morgan fingerprint density at radius 2 is 1.85 bits per heavy atom. The maximum absolute atomic E-state index is 13.3. The van der Waals surface area contributed by atoms with E-state index >= 15 is 0 Å². The molecule has 2 saturated heterocycles. The summed E-state index contributed by atoms with van der Waals surface area (Å²) in [5, 5.41) is 5.51. The van der Waals surface area contributed by atoms with Crippen LogP contribution in [-0.4, -0.2) is 60.6 Å². The first kappa shape index (κ1) is 24.7. The van der Waals surface area contributed by atoms with Gasteiger partial charge in [-0.15, -0.1) is 0 Å². The van der Waals surface area contributed by atoms with Crippen LogP contribution in [0.15, 0.2) is 29.2 Å². The number of anilines is 1. The highest BCUT2D eigenvalue weighted by atomic mass is 32.2. The Balaban J connectivity index is 1.45. The van der Waals surface area contributed by atoms with Crippen LogP contribution in [0.4, 0.5) is 10.5 Å². The summed E-state index contributed by atoms with van der Waals surface area (Å²) in [6.07, 6.45) is 4.73. The molecule has 9 nitrogen and oxygen atoms in total. The van der Waals surface area contributed by atoms with Gasteiger partial charge >= 0.3 is 6.03 Å². The van der Waals surface area contributed by atoms with Gasteiger partial charge in [-0.1, -0.05) is 33.3 Å². The van der Waals surface area contributed by atoms with E-state index in [1.807, 2.05) is 0 Å². The highest BCUT2D eigenvalue weighted by Gasteiger charge is 2.56. The first-order chi connectivity index (χ1) is 15.9. The van der Waals surface area contributed by atoms with Crippen LogP contribution in [0.5, 0.6) is 0 Å². The van der Waals surface area contributed by atoms with Crippen molar-refractivity contribution in [2.45, 2.75) is 69.7 Å². The molecule has 4 amide bonds. The van der Waals surface area contributed by atoms with Crippen molar-refractivity contribution in [3.8, 4) is 0 Å². The Labute approximate surface area is 201 Å². The molecule has 2 atom stereocenters. The topological polar surface area (TPSA) is 116 Å². The Kier molecular flexibility index (Phi) is 6.50. The van der Waals surface area contributed by atoms with Crippen molar-refractivity contribution in [1.29, 1.82) is 0 Å². The Morgan fingerprint density at radius 1 is 1.15 bits per heavy atom. The average molecular weight is 491 g/mol. The van der Waals surface area contributed by atoms with Crippen LogP contribution in [0.2, 0.25) is 0 Å². The van der Waals surface area contributed by atoms with Gasteiger partial charge in [-0.3, -0.25) is 14.5 Å². The predicted molar refractivity (Wildman–Crippen MR) is 127 cm³/mol. The quantitative estimate of drug-likeness (QED) is 0.616. The smallest absolute Gasteiger partial charge is 0.324 e. The summed E-state index contributed by atoms with van der Waals surface area (Å²) < 4.78 is 27.4. The summed E-state index contributed by atoms with van der Waals surface area (Å²) in [4.78, 5) is 39.7. The number of rotatable bonds is 5. The fraction of sp³-hybridized carbons (Fsp3) is 0.625. The number of hydrogen-bond acceptors (Lipinski definition) is 5. The molecule has 0 bridgehead atoms. The number of carbonyl (C=O) groups excluding carboxylic acids is 3. The lowest BCUT2D eigenvalue weighted by Crippen LogP contribution is -2.54. The zero-order valence-electron chi connectivity index (χ0n) is 20.1. The Bertz CT molecular complexity index is 1100. The normalized spacial score (nSPS) is 27.6. The van der Waals surface area contributed by atoms with Crippen LogP contribution in [0.1, 0.15) is 59.3 Å². The van der Waals surface area contributed by atoms with Gasteiger partial charge in [0.2, 0.25) is 15.9 Å². The van der Waals surface area contributed by atoms with Crippen molar-refractivity contribution in [1.82, 2.24) is 14.5 Å². The van der Waals surface area contributed by atoms with Crippen molar-refractivity contribution in [2.24, 2.45) is 11.3 Å². The summed E-state index contributed by atoms with van der Waals surface area (Å²) in [6.45, 7) is 6.80. The summed E-state index contributed by atoms with van der Waals surface area (Å²) in [5.74, 6) is -0.656. The summed E-state index contributed by atoms with van der Waals surface area (Å²) in [6, 6.07) is 5.52. The molecule has 10 heteroatoms. The molecule has 1 spiro atoms. The minimum atomic E-state index is -3.64. The van der Waals surface area contributed by atoms with Crippen molar-refractivity contribution in [2.75, 3.05) is 25.0 Å². The van der Waals surface area contributed by atoms with Gasteiger partial charge in [0.15, 0.2) is 0 Å². The molecule has 34 heavy (non-hydrogen) atoms. The lowest BCUT2D eigenvalue weighted by Gasteiger charge is -2.43. The molecule has 2 N–H and O–H groups in total. The zero-order valence-corrected chi connectivity index (χ0v) is 20.9. The number of benzene rings is 1. The van der Waals surface area contributed by atoms with Crippen LogP contribution in [0.3, 0.4) is 0 Å². The Hall–Kier alpha value is -2.46. The molecule has 3 aliphatic rings. The van der Waals surface area contributed by atoms with Crippen molar-refractivity contribution >= 4 is 33.6 Å². The monoisotopic (exact) mass is 490 g/mol. The zero-order chi connectivity index (χ0) is 24.7. The number of nitrogens with zero attached hydrogens (tertiary/aromatic N) is 2. The second-order valence-corrected chi connectivity index (χ2v) is 12.7. The van der Waals surface area contributed by atoms with E-state index in [2.05, 4.69) is 31.4 Å². The number of amides is 4. The lowest BCUT2D eigenvalue weighted by molar-refractivity contribution is -0.136. The van der Waals surface area contributed by atoms with Crippen LogP contribution >= 0.6 is 0 Å². The van der Waals surface area contributed by atoms with Gasteiger partial charge in [0.1, 0.15) is 12.1 Å². The molecule has 0 radical (unpaired) electrons. The van der Waals surface area contributed by atoms with Crippen molar-refractivity contribution < 1.29 is 22.8 Å². The number of urea groups is 1. The Morgan fingerprint density at radius 3 is 2.53 bits per heavy atom. The number of nitrogens with one attached hydrogen (secondary N) is 2. The number of sulfonamides is 1. The predicted octanol–water partition coefficient (Wildman–Crippen LogP) is 2.94. The molecule has 3 fully saturated rings. The molecular formula is C24H34N4O5S. The van der Waals surface area contributed by atoms with Crippen LogP contribution in [-0.2, 0) is 19.6 Å². The molecule has 1 aromatic carbocycles. The SMILES string of the molecule is C[C@@H]1CC(C)(C)C[C@]2(C1)NC(=O)N(CC(=O)Nc1cccc(S(=O)(=O)N3CCCCC3)c1)C2=O. The van der Waals surface area contributed by atoms with Crippen LogP contribution in [0.25, 0.3) is 0 Å². The molecule has 0 aromatic heterocycles. The third-order valence-corrected chi connectivity index (χ3v) is 8.89. The van der Waals surface area contributed by atoms with E-state index in [4.69, 9.17) is 0 Å². The number of carbonyl (C=O) groups is 3. The summed E-state index contributed by atoms with van der Waals surface area (Å²) >= 11 is 0. The maximum Gasteiger partial charge on any atom is 0.325 e. The minimum absolute atomic E-state index is 0.0981. The highest BCUT2D eigenvalue weighted by molar-refractivity contribution is 7.89. The standard InChI is InChI=1S/C24H34N4O5S/c1-17-13-23(2,3)16-24(14-17)21(30)28(22(31)26-24)15-20(29)25-18-8-7-9-19(12-18)34(32,33)27-10-5-4-6-11-27/h7-9,12,17H,4-6,10-11,13-16H2,1-3H3,(H,25,29)(H,26,31)/t17-,24+/m1/s1. The minimum Gasteiger partial charge on any atom is -0.324 e. The maximum atomic E-state index is 13.3. The third-order valence-electron chi connectivity index (χ3n) is 7.00. The molecule has 186 valence electrons. The van der Waals surface area contributed by atoms with E-state index in [-0.39, 0.29) is 22.1 Å². The fourth-order valence-electron chi connectivity index (χ4n) is 5.98. The van der Waals surface area contributed by atoms with E-state index in [1.54, 1.807) is 12.1 Å². The highest BCUT2D eigenvalue weighted by Crippen LogP contribution is 2.46. The molecular weight excluding hydrogens is 456 g/mol. The van der Waals surface area contributed by atoms with Gasteiger partial charge in [-0.05, 0) is 61.6 Å². The van der Waals surface area contributed by atoms with Gasteiger partial charge in [-0.25, -0.2) is 13.2 Å². The van der Waals surface area contributed by atoms with Gasteiger partial charge in [0, 0.05) is 18.8 Å². The van der Waals surface area contributed by atoms with Crippen molar-refractivity contribution in [3.63, 3.8) is 0 Å². The number of piperidine rings is 1. The van der Waals surface area contributed by atoms with E-state index in [0.29, 0.717) is 31.6 Å². The molecule has 1 aliphatic carbocycles. The van der Waals surface area contributed by atoms with Crippen LogP contribution in [0, 0.1) is 11.3 Å². The molecule has 4 rings (SSSR count). The lowest BCUT2D eigenvalue weighted by atomic mass is 9.64. The number of hydrogen-bond donors (Lipinski definition) is 2. The average Bonchev–Trinajstić information content (AvgIpc) is 2.96. The summed E-state index contributed by atoms with van der Waals surface area (Å²) in [7, 11) is -3.64. The first-order valence-electron chi connectivity index (χ1n) is 12.0. The van der Waals surface area contributed by atoms with E-state index in [1.165, 1.54) is 16.4 Å². The van der Waals surface area contributed by atoms with Gasteiger partial charge in [-0.2, -0.15) is 4.31 Å². The second-order valence-electron chi connectivity index (χ2n) is 10.8. The van der Waals surface area contributed by atoms with Crippen LogP contribution < -0.4 is 10.6 Å². The van der Waals surface area contributed by atoms with E-state index in [0.717, 1.165) is 30.6 Å². The van der Waals surface area contributed by atoms with Crippen molar-refractivity contribution in [3.05, 3.63) is 24.3 Å². The van der Waals surface area contributed by atoms with E-state index in [9.17, 15) is 22.8 Å². The number of imide groups is 1. The first-order valence-corrected chi connectivity index (χ1v) is 13.4. The molecule has 1 aromatic rings. The second kappa shape index (κ2) is 8.96. The fourth-order valence-corrected chi connectivity index (χ4v) is 7.55. The van der Waals surface area contributed by atoms with Gasteiger partial charge in [0.25, 0.3) is 5.91 Å². The van der Waals surface area contributed by atoms with Gasteiger partial charge < -0.3 is 10.6 Å². The molecule has 2 heterocycles. The largest absolute Gasteiger partial charge is 0.325 e. The molecule has 1 saturated carbocycles. The molecule has 2 aliphatic heterocycles. The molecule has 0 unspecified atom stereocenters. The van der Waals surface area contributed by atoms with Gasteiger partial charge in [0.05, 0.1) is 4.90 Å². The van der Waals surface area contributed by atoms with E-state index < -0.39 is 34.0 Å². The third kappa shape index (κ3) is 4.84.